The predicted molar refractivity (Wildman–Crippen MR) is 267 cm³/mol. The number of halogens is 2. The van der Waals surface area contributed by atoms with Crippen molar-refractivity contribution in [2.75, 3.05) is 13.2 Å². The summed E-state index contributed by atoms with van der Waals surface area (Å²) in [5, 5.41) is 0. The Morgan fingerprint density at radius 2 is 0.757 bits per heavy atom. The lowest BCUT2D eigenvalue weighted by molar-refractivity contribution is 0.0720. The zero-order valence-corrected chi connectivity index (χ0v) is 40.8. The van der Waals surface area contributed by atoms with Crippen molar-refractivity contribution in [1.82, 2.24) is 0 Å². The van der Waals surface area contributed by atoms with Crippen LogP contribution in [-0.4, -0.2) is 37.1 Å². The van der Waals surface area contributed by atoms with Gasteiger partial charge in [-0.05, 0) is 104 Å². The van der Waals surface area contributed by atoms with E-state index in [-0.39, 0.29) is 39.9 Å². The Bertz CT molecular complexity index is 2380. The molecule has 0 aromatic heterocycles. The smallest absolute Gasteiger partial charge is 0.346 e. The van der Waals surface area contributed by atoms with Gasteiger partial charge < -0.3 is 28.4 Å². The number of hydrogen-bond acceptors (Lipinski definition) is 10. The standard InChI is InChI=1S/C58H68F2O10/c1-3-5-7-9-11-13-15-17-19-21-38-65-46-31-26-43(27-32-46)55(61)67-47-33-28-44(29-34-47)56(62)68-48-24-23-25-49(41-48)70-58(64)51-36-35-50(42-52(51)59)69-57(63)45-30-37-54(53(60)40-45)66-39-22-20-18-16-14-12-10-8-6-4-2/h23-37,40-42H,3-22,38-39H2,1-2H3. The van der Waals surface area contributed by atoms with Crippen LogP contribution in [0.3, 0.4) is 0 Å². The number of unbranched alkanes of at least 4 members (excludes halogenated alkanes) is 18. The number of esters is 4. The molecule has 0 saturated heterocycles. The summed E-state index contributed by atoms with van der Waals surface area (Å²) in [5.41, 5.74) is -0.0738. The first-order valence-corrected chi connectivity index (χ1v) is 25.2. The molecule has 0 aliphatic carbocycles. The summed E-state index contributed by atoms with van der Waals surface area (Å²) in [4.78, 5) is 51.5. The number of carbonyl (C=O) groups is 4. The third-order valence-electron chi connectivity index (χ3n) is 11.7. The molecule has 10 nitrogen and oxygen atoms in total. The van der Waals surface area contributed by atoms with Crippen molar-refractivity contribution < 1.29 is 56.4 Å². The first-order valence-electron chi connectivity index (χ1n) is 25.2. The lowest BCUT2D eigenvalue weighted by Crippen LogP contribution is -2.13. The van der Waals surface area contributed by atoms with Gasteiger partial charge in [0.15, 0.2) is 11.6 Å². The maximum atomic E-state index is 15.1. The van der Waals surface area contributed by atoms with Gasteiger partial charge in [0.05, 0.1) is 35.5 Å². The molecule has 0 aliphatic heterocycles. The molecule has 0 spiro atoms. The van der Waals surface area contributed by atoms with Crippen LogP contribution < -0.4 is 28.4 Å². The molecule has 5 rings (SSSR count). The summed E-state index contributed by atoms with van der Waals surface area (Å²) in [5.74, 6) is -4.37. The second-order valence-electron chi connectivity index (χ2n) is 17.4. The number of ether oxygens (including phenoxy) is 6. The molecule has 374 valence electrons. The van der Waals surface area contributed by atoms with Crippen molar-refractivity contribution >= 4 is 23.9 Å². The summed E-state index contributed by atoms with van der Waals surface area (Å²) in [6.07, 6.45) is 24.2. The first kappa shape index (κ1) is 54.4. The minimum absolute atomic E-state index is 0.0230. The maximum Gasteiger partial charge on any atom is 0.346 e. The van der Waals surface area contributed by atoms with Gasteiger partial charge >= 0.3 is 23.9 Å². The van der Waals surface area contributed by atoms with Gasteiger partial charge in [-0.15, -0.1) is 0 Å². The fourth-order valence-corrected chi connectivity index (χ4v) is 7.63. The molecule has 0 heterocycles. The normalized spacial score (nSPS) is 10.9. The Morgan fingerprint density at radius 1 is 0.357 bits per heavy atom. The number of benzene rings is 5. The second kappa shape index (κ2) is 30.8. The summed E-state index contributed by atoms with van der Waals surface area (Å²) < 4.78 is 62.9. The van der Waals surface area contributed by atoms with Crippen LogP contribution in [0.25, 0.3) is 0 Å². The predicted octanol–water partition coefficient (Wildman–Crippen LogP) is 15.4. The van der Waals surface area contributed by atoms with E-state index in [2.05, 4.69) is 13.8 Å². The summed E-state index contributed by atoms with van der Waals surface area (Å²) in [6.45, 7) is 5.42. The highest BCUT2D eigenvalue weighted by molar-refractivity contribution is 5.94. The van der Waals surface area contributed by atoms with Crippen LogP contribution in [0.1, 0.15) is 184 Å². The largest absolute Gasteiger partial charge is 0.494 e. The molecule has 0 aliphatic rings. The highest BCUT2D eigenvalue weighted by Gasteiger charge is 2.19. The van der Waals surface area contributed by atoms with Crippen LogP contribution >= 0.6 is 0 Å². The first-order chi connectivity index (χ1) is 34.1. The molecule has 5 aromatic carbocycles. The Labute approximate surface area is 412 Å². The van der Waals surface area contributed by atoms with Crippen LogP contribution in [0.2, 0.25) is 0 Å². The molecule has 0 saturated carbocycles. The molecule has 0 bridgehead atoms. The van der Waals surface area contributed by atoms with Crippen molar-refractivity contribution in [3.05, 3.63) is 143 Å². The Kier molecular flexibility index (Phi) is 23.9. The third-order valence-corrected chi connectivity index (χ3v) is 11.7. The summed E-state index contributed by atoms with van der Waals surface area (Å²) >= 11 is 0. The molecule has 0 atom stereocenters. The summed E-state index contributed by atoms with van der Waals surface area (Å²) in [6, 6.07) is 25.0. The Balaban J connectivity index is 1.00. The monoisotopic (exact) mass is 962 g/mol. The van der Waals surface area contributed by atoms with Gasteiger partial charge in [-0.1, -0.05) is 135 Å². The number of carbonyl (C=O) groups excluding carboxylic acids is 4. The lowest BCUT2D eigenvalue weighted by atomic mass is 10.1. The van der Waals surface area contributed by atoms with E-state index in [9.17, 15) is 23.6 Å². The fourth-order valence-electron chi connectivity index (χ4n) is 7.63. The van der Waals surface area contributed by atoms with E-state index in [0.29, 0.717) is 24.5 Å². The summed E-state index contributed by atoms with van der Waals surface area (Å²) in [7, 11) is 0. The highest BCUT2D eigenvalue weighted by atomic mass is 19.1. The van der Waals surface area contributed by atoms with Gasteiger partial charge in [0.2, 0.25) is 0 Å². The van der Waals surface area contributed by atoms with Crippen LogP contribution in [0, 0.1) is 11.6 Å². The topological polar surface area (TPSA) is 124 Å². The van der Waals surface area contributed by atoms with Crippen molar-refractivity contribution in [2.24, 2.45) is 0 Å². The molecule has 12 heteroatoms. The molecule has 0 unspecified atom stereocenters. The second-order valence-corrected chi connectivity index (χ2v) is 17.4. The van der Waals surface area contributed by atoms with Crippen molar-refractivity contribution in [3.8, 4) is 34.5 Å². The Hall–Kier alpha value is -6.56. The quantitative estimate of drug-likeness (QED) is 0.0234. The van der Waals surface area contributed by atoms with Gasteiger partial charge in [-0.3, -0.25) is 0 Å². The fraction of sp³-hybridized carbons (Fsp3) is 0.414. The maximum absolute atomic E-state index is 15.1. The van der Waals surface area contributed by atoms with Crippen LogP contribution in [0.4, 0.5) is 8.78 Å². The molecule has 0 fully saturated rings. The molecular weight excluding hydrogens is 895 g/mol. The Morgan fingerprint density at radius 3 is 1.26 bits per heavy atom. The van der Waals surface area contributed by atoms with E-state index in [1.54, 1.807) is 24.3 Å². The van der Waals surface area contributed by atoms with Gasteiger partial charge in [0, 0.05) is 12.1 Å². The van der Waals surface area contributed by atoms with E-state index >= 15 is 4.39 Å². The minimum Gasteiger partial charge on any atom is -0.494 e. The van der Waals surface area contributed by atoms with E-state index in [1.165, 1.54) is 163 Å². The third kappa shape index (κ3) is 19.4. The van der Waals surface area contributed by atoms with Gasteiger partial charge in [0.1, 0.15) is 34.6 Å². The highest BCUT2D eigenvalue weighted by Crippen LogP contribution is 2.26. The average molecular weight is 963 g/mol. The van der Waals surface area contributed by atoms with E-state index in [4.69, 9.17) is 28.4 Å². The molecule has 0 N–H and O–H groups in total. The van der Waals surface area contributed by atoms with Crippen LogP contribution in [-0.2, 0) is 0 Å². The number of hydrogen-bond donors (Lipinski definition) is 0. The number of rotatable bonds is 32. The van der Waals surface area contributed by atoms with Crippen molar-refractivity contribution in [1.29, 1.82) is 0 Å². The molecule has 70 heavy (non-hydrogen) atoms. The molecule has 0 amide bonds. The minimum atomic E-state index is -1.07. The van der Waals surface area contributed by atoms with E-state index in [0.717, 1.165) is 50.3 Å². The lowest BCUT2D eigenvalue weighted by Gasteiger charge is -2.10. The van der Waals surface area contributed by atoms with Gasteiger partial charge in [-0.2, -0.15) is 0 Å². The average Bonchev–Trinajstić information content (AvgIpc) is 3.35. The van der Waals surface area contributed by atoms with Crippen molar-refractivity contribution in [3.63, 3.8) is 0 Å². The van der Waals surface area contributed by atoms with E-state index in [1.807, 2.05) is 0 Å². The van der Waals surface area contributed by atoms with Crippen molar-refractivity contribution in [2.45, 2.75) is 142 Å². The van der Waals surface area contributed by atoms with E-state index < -0.39 is 41.1 Å². The van der Waals surface area contributed by atoms with Gasteiger partial charge in [0.25, 0.3) is 0 Å². The molecular formula is C58H68F2O10. The molecule has 5 aromatic rings. The zero-order valence-electron chi connectivity index (χ0n) is 40.8. The zero-order chi connectivity index (χ0) is 49.8. The van der Waals surface area contributed by atoms with Gasteiger partial charge in [-0.25, -0.2) is 28.0 Å². The molecule has 0 radical (unpaired) electrons. The SMILES string of the molecule is CCCCCCCCCCCCOc1ccc(C(=O)Oc2ccc(C(=O)Oc3cccc(OC(=O)c4ccc(OC(=O)c5ccc(OCCCCCCCCCCCC)c(F)c5)cc4F)c3)cc2)cc1. The van der Waals surface area contributed by atoms with Crippen LogP contribution in [0.5, 0.6) is 34.5 Å². The van der Waals surface area contributed by atoms with Crippen LogP contribution in [0.15, 0.2) is 109 Å².